The maximum atomic E-state index is 10.3. The van der Waals surface area contributed by atoms with Gasteiger partial charge >= 0.3 is 0 Å². The second-order valence-corrected chi connectivity index (χ2v) is 6.31. The predicted molar refractivity (Wildman–Crippen MR) is 93.5 cm³/mol. The molecule has 0 amide bonds. The Morgan fingerprint density at radius 3 is 2.40 bits per heavy atom. The van der Waals surface area contributed by atoms with Crippen molar-refractivity contribution < 1.29 is 5.11 Å². The van der Waals surface area contributed by atoms with E-state index in [2.05, 4.69) is 13.2 Å². The maximum Gasteiger partial charge on any atom is 0.136 e. The van der Waals surface area contributed by atoms with E-state index in [-0.39, 0.29) is 0 Å². The summed E-state index contributed by atoms with van der Waals surface area (Å²) in [5, 5.41) is 10.3. The SMILES string of the molecule is C=CCc1cc(CC=C)c(O)c(CSC(=S)N(C)C)c1. The molecule has 0 bridgehead atoms. The first-order valence-corrected chi connectivity index (χ1v) is 7.78. The second kappa shape index (κ2) is 8.12. The molecule has 1 aromatic rings. The third kappa shape index (κ3) is 4.69. The Bertz CT molecular complexity index is 509. The topological polar surface area (TPSA) is 23.5 Å². The minimum absolute atomic E-state index is 0.353. The number of aromatic hydroxyl groups is 1. The number of thioether (sulfide) groups is 1. The van der Waals surface area contributed by atoms with E-state index in [4.69, 9.17) is 12.2 Å². The Hall–Kier alpha value is -1.26. The molecule has 0 fully saturated rings. The average Bonchev–Trinajstić information content (AvgIpc) is 2.40. The average molecular weight is 307 g/mol. The van der Waals surface area contributed by atoms with Gasteiger partial charge in [-0.25, -0.2) is 0 Å². The molecule has 1 aromatic carbocycles. The van der Waals surface area contributed by atoms with Crippen LogP contribution < -0.4 is 0 Å². The highest BCUT2D eigenvalue weighted by molar-refractivity contribution is 8.22. The number of hydrogen-bond donors (Lipinski definition) is 1. The zero-order valence-electron chi connectivity index (χ0n) is 12.1. The summed E-state index contributed by atoms with van der Waals surface area (Å²) in [4.78, 5) is 1.90. The summed E-state index contributed by atoms with van der Waals surface area (Å²) in [6.45, 7) is 7.50. The van der Waals surface area contributed by atoms with Crippen molar-refractivity contribution in [3.63, 3.8) is 0 Å². The molecular formula is C16H21NOS2. The molecule has 0 radical (unpaired) electrons. The van der Waals surface area contributed by atoms with Crippen LogP contribution in [0.3, 0.4) is 0 Å². The van der Waals surface area contributed by atoms with Crippen LogP contribution in [0.2, 0.25) is 0 Å². The van der Waals surface area contributed by atoms with Crippen LogP contribution in [0, 0.1) is 0 Å². The molecule has 0 aliphatic rings. The largest absolute Gasteiger partial charge is 0.507 e. The Balaban J connectivity index is 3.00. The molecule has 0 unspecified atom stereocenters. The molecule has 0 saturated heterocycles. The van der Waals surface area contributed by atoms with Crippen molar-refractivity contribution in [1.29, 1.82) is 0 Å². The van der Waals surface area contributed by atoms with Crippen LogP contribution in [-0.2, 0) is 18.6 Å². The summed E-state index contributed by atoms with van der Waals surface area (Å²) in [6, 6.07) is 4.03. The summed E-state index contributed by atoms with van der Waals surface area (Å²) in [5.41, 5.74) is 2.97. The fourth-order valence-electron chi connectivity index (χ4n) is 1.81. The standard InChI is InChI=1S/C16H21NOS2/c1-5-7-12-9-13(8-6-2)15(18)14(10-12)11-20-16(19)17(3)4/h5-6,9-10,18H,1-2,7-8,11H2,3-4H3. The smallest absolute Gasteiger partial charge is 0.136 e. The number of nitrogens with zero attached hydrogens (tertiary/aromatic N) is 1. The minimum atomic E-state index is 0.353. The first kappa shape index (κ1) is 16.8. The lowest BCUT2D eigenvalue weighted by Gasteiger charge is -2.15. The first-order chi connectivity index (χ1) is 9.49. The lowest BCUT2D eigenvalue weighted by atomic mass is 10.0. The molecule has 0 aromatic heterocycles. The van der Waals surface area contributed by atoms with E-state index in [0.717, 1.165) is 27.4 Å². The van der Waals surface area contributed by atoms with Gasteiger partial charge in [0.15, 0.2) is 0 Å². The molecule has 20 heavy (non-hydrogen) atoms. The summed E-state index contributed by atoms with van der Waals surface area (Å²) < 4.78 is 0.809. The predicted octanol–water partition coefficient (Wildman–Crippen LogP) is 3.93. The quantitative estimate of drug-likeness (QED) is 0.635. The molecule has 108 valence electrons. The van der Waals surface area contributed by atoms with E-state index >= 15 is 0 Å². The number of rotatable bonds is 6. The Morgan fingerprint density at radius 2 is 1.85 bits per heavy atom. The van der Waals surface area contributed by atoms with Gasteiger partial charge in [0.25, 0.3) is 0 Å². The van der Waals surface area contributed by atoms with Crippen molar-refractivity contribution >= 4 is 28.3 Å². The van der Waals surface area contributed by atoms with Crippen LogP contribution in [0.25, 0.3) is 0 Å². The Morgan fingerprint density at radius 1 is 1.25 bits per heavy atom. The highest BCUT2D eigenvalue weighted by atomic mass is 32.2. The van der Waals surface area contributed by atoms with Crippen LogP contribution >= 0.6 is 24.0 Å². The fraction of sp³-hybridized carbons (Fsp3) is 0.312. The zero-order valence-corrected chi connectivity index (χ0v) is 13.7. The minimum Gasteiger partial charge on any atom is -0.507 e. The summed E-state index contributed by atoms with van der Waals surface area (Å²) in [5.74, 6) is 1.02. The Labute approximate surface area is 131 Å². The number of phenolic OH excluding ortho intramolecular Hbond substituents is 1. The summed E-state index contributed by atoms with van der Waals surface area (Å²) in [6.07, 6.45) is 5.12. The Kier molecular flexibility index (Phi) is 6.82. The van der Waals surface area contributed by atoms with Gasteiger partial charge < -0.3 is 10.0 Å². The van der Waals surface area contributed by atoms with Crippen molar-refractivity contribution in [2.75, 3.05) is 14.1 Å². The molecule has 0 atom stereocenters. The number of hydrogen-bond acceptors (Lipinski definition) is 3. The molecule has 0 heterocycles. The van der Waals surface area contributed by atoms with Gasteiger partial charge in [-0.3, -0.25) is 0 Å². The van der Waals surface area contributed by atoms with E-state index in [1.807, 2.05) is 37.2 Å². The van der Waals surface area contributed by atoms with Gasteiger partial charge in [-0.15, -0.1) is 13.2 Å². The second-order valence-electron chi connectivity index (χ2n) is 4.70. The van der Waals surface area contributed by atoms with Gasteiger partial charge in [-0.05, 0) is 24.0 Å². The van der Waals surface area contributed by atoms with E-state index in [9.17, 15) is 5.11 Å². The highest BCUT2D eigenvalue weighted by Gasteiger charge is 2.10. The third-order valence-electron chi connectivity index (χ3n) is 2.79. The molecule has 0 spiro atoms. The molecule has 0 aliphatic heterocycles. The summed E-state index contributed by atoms with van der Waals surface area (Å²) in [7, 11) is 3.85. The van der Waals surface area contributed by atoms with Gasteiger partial charge in [-0.1, -0.05) is 48.3 Å². The first-order valence-electron chi connectivity index (χ1n) is 6.39. The zero-order chi connectivity index (χ0) is 15.1. The van der Waals surface area contributed by atoms with E-state index in [0.29, 0.717) is 17.9 Å². The van der Waals surface area contributed by atoms with E-state index in [1.165, 1.54) is 0 Å². The number of allylic oxidation sites excluding steroid dienone is 2. The molecule has 1 rings (SSSR count). The van der Waals surface area contributed by atoms with Crippen LogP contribution in [0.15, 0.2) is 37.4 Å². The molecule has 4 heteroatoms. The van der Waals surface area contributed by atoms with Gasteiger partial charge in [0.2, 0.25) is 0 Å². The van der Waals surface area contributed by atoms with E-state index < -0.39 is 0 Å². The van der Waals surface area contributed by atoms with Gasteiger partial charge in [0.05, 0.1) is 0 Å². The van der Waals surface area contributed by atoms with Crippen LogP contribution in [0.1, 0.15) is 16.7 Å². The number of thiocarbonyl (C=S) groups is 1. The van der Waals surface area contributed by atoms with Gasteiger partial charge in [0.1, 0.15) is 10.1 Å². The van der Waals surface area contributed by atoms with Gasteiger partial charge in [0, 0.05) is 25.4 Å². The number of benzene rings is 1. The monoisotopic (exact) mass is 307 g/mol. The molecule has 0 saturated carbocycles. The lowest BCUT2D eigenvalue weighted by molar-refractivity contribution is 0.465. The molecule has 1 N–H and O–H groups in total. The van der Waals surface area contributed by atoms with Crippen molar-refractivity contribution in [2.45, 2.75) is 18.6 Å². The molecular weight excluding hydrogens is 286 g/mol. The number of phenols is 1. The fourth-order valence-corrected chi connectivity index (χ4v) is 2.74. The van der Waals surface area contributed by atoms with Crippen LogP contribution in [0.5, 0.6) is 5.75 Å². The van der Waals surface area contributed by atoms with Crippen LogP contribution in [0.4, 0.5) is 0 Å². The molecule has 0 aliphatic carbocycles. The lowest BCUT2D eigenvalue weighted by Crippen LogP contribution is -2.16. The van der Waals surface area contributed by atoms with Crippen molar-refractivity contribution in [1.82, 2.24) is 4.90 Å². The van der Waals surface area contributed by atoms with E-state index in [1.54, 1.807) is 17.8 Å². The summed E-state index contributed by atoms with van der Waals surface area (Å²) >= 11 is 6.81. The van der Waals surface area contributed by atoms with Crippen LogP contribution in [-0.4, -0.2) is 28.4 Å². The highest BCUT2D eigenvalue weighted by Crippen LogP contribution is 2.29. The maximum absolute atomic E-state index is 10.3. The van der Waals surface area contributed by atoms with Gasteiger partial charge in [-0.2, -0.15) is 0 Å². The third-order valence-corrected chi connectivity index (χ3v) is 4.57. The van der Waals surface area contributed by atoms with Crippen molar-refractivity contribution in [3.05, 3.63) is 54.1 Å². The normalized spacial score (nSPS) is 10.1. The van der Waals surface area contributed by atoms with Crippen molar-refractivity contribution in [2.24, 2.45) is 0 Å². The molecule has 2 nitrogen and oxygen atoms in total. The van der Waals surface area contributed by atoms with Crippen molar-refractivity contribution in [3.8, 4) is 5.75 Å².